The molecule has 1 aliphatic heterocycles. The van der Waals surface area contributed by atoms with Gasteiger partial charge in [0.1, 0.15) is 0 Å². The third-order valence-electron chi connectivity index (χ3n) is 5.81. The first-order valence-electron chi connectivity index (χ1n) is 8.92. The normalized spacial score (nSPS) is 29.8. The highest BCUT2D eigenvalue weighted by Crippen LogP contribution is 2.59. The smallest absolute Gasteiger partial charge is 0.340 e. The van der Waals surface area contributed by atoms with Crippen LogP contribution in [-0.4, -0.2) is 58.3 Å². The molecule has 0 saturated carbocycles. The molecule has 0 radical (unpaired) electrons. The maximum atomic E-state index is 16.8. The van der Waals surface area contributed by atoms with Gasteiger partial charge < -0.3 is 4.74 Å². The summed E-state index contributed by atoms with van der Waals surface area (Å²) in [5, 5.41) is 0. The van der Waals surface area contributed by atoms with Gasteiger partial charge in [-0.05, 0) is 11.1 Å². The molecule has 1 heterocycles. The summed E-state index contributed by atoms with van der Waals surface area (Å²) in [4.78, 5) is 63.4. The lowest BCUT2D eigenvalue weighted by Crippen LogP contribution is -2.76. The quantitative estimate of drug-likeness (QED) is 0.661. The monoisotopic (exact) mass is 400 g/mol. The number of methoxy groups -OCH3 is 1. The van der Waals surface area contributed by atoms with Gasteiger partial charge in [0.25, 0.3) is 5.91 Å². The third-order valence-corrected chi connectivity index (χ3v) is 5.81. The van der Waals surface area contributed by atoms with Crippen LogP contribution in [-0.2, 0) is 23.9 Å². The Labute approximate surface area is 164 Å². The van der Waals surface area contributed by atoms with E-state index < -0.39 is 53.3 Å². The zero-order valence-electron chi connectivity index (χ0n) is 15.8. The second kappa shape index (κ2) is 6.07. The summed E-state index contributed by atoms with van der Waals surface area (Å²) in [7, 11) is 1.13. The Kier molecular flexibility index (Phi) is 3.97. The van der Waals surface area contributed by atoms with Gasteiger partial charge in [-0.1, -0.05) is 30.3 Å². The van der Waals surface area contributed by atoms with E-state index in [0.29, 0.717) is 16.0 Å². The van der Waals surface area contributed by atoms with Crippen molar-refractivity contribution in [3.8, 4) is 0 Å². The van der Waals surface area contributed by atoms with E-state index >= 15 is 4.39 Å². The number of alkyl halides is 1. The van der Waals surface area contributed by atoms with E-state index in [9.17, 15) is 24.0 Å². The third kappa shape index (κ3) is 2.21. The largest absolute Gasteiger partial charge is 0.466 e. The first-order valence-corrected chi connectivity index (χ1v) is 8.92. The molecule has 8 nitrogen and oxygen atoms in total. The number of rotatable bonds is 1. The Morgan fingerprint density at radius 2 is 1.69 bits per heavy atom. The summed E-state index contributed by atoms with van der Waals surface area (Å²) in [5.41, 5.74) is -1.98. The van der Waals surface area contributed by atoms with E-state index in [1.54, 1.807) is 24.3 Å². The van der Waals surface area contributed by atoms with Gasteiger partial charge in [-0.3, -0.25) is 19.3 Å². The molecule has 5 rings (SSSR count). The van der Waals surface area contributed by atoms with Crippen LogP contribution in [0, 0.1) is 0 Å². The van der Waals surface area contributed by atoms with Crippen molar-refractivity contribution in [3.63, 3.8) is 0 Å². The van der Waals surface area contributed by atoms with Crippen molar-refractivity contribution in [2.75, 3.05) is 7.11 Å². The van der Waals surface area contributed by atoms with Crippen LogP contribution in [0.2, 0.25) is 0 Å². The van der Waals surface area contributed by atoms with Crippen molar-refractivity contribution in [2.45, 2.75) is 37.4 Å². The highest BCUT2D eigenvalue weighted by Gasteiger charge is 2.71. The number of halogens is 1. The van der Waals surface area contributed by atoms with E-state index in [1.165, 1.54) is 6.08 Å². The van der Waals surface area contributed by atoms with E-state index in [1.807, 2.05) is 0 Å². The van der Waals surface area contributed by atoms with Crippen LogP contribution in [0.15, 0.2) is 35.9 Å². The van der Waals surface area contributed by atoms with E-state index in [2.05, 4.69) is 0 Å². The standard InChI is InChI=1S/C20H17FN2O6/c1-9(24)22-16-13-8-14(17(26)29-3)15(12-7-5-4-6-11(12)13)20(16,21)18(27)23(10(2)25)19(22)28/h4-8,13,15-16H,1-3H3/t13-,15-,16+,20+/m0/s1. The van der Waals surface area contributed by atoms with Crippen molar-refractivity contribution in [3.05, 3.63) is 47.0 Å². The topological polar surface area (TPSA) is 101 Å². The molecular weight excluding hydrogens is 383 g/mol. The first kappa shape index (κ1) is 19.0. The van der Waals surface area contributed by atoms with Crippen LogP contribution < -0.4 is 0 Å². The van der Waals surface area contributed by atoms with Crippen molar-refractivity contribution in [1.82, 2.24) is 9.80 Å². The molecule has 1 fully saturated rings. The van der Waals surface area contributed by atoms with Gasteiger partial charge in [0.05, 0.1) is 19.1 Å². The molecule has 4 aliphatic rings. The average molecular weight is 400 g/mol. The second-order valence-electron chi connectivity index (χ2n) is 7.25. The van der Waals surface area contributed by atoms with Crippen molar-refractivity contribution < 1.29 is 33.1 Å². The molecule has 1 aromatic carbocycles. The lowest BCUT2D eigenvalue weighted by Gasteiger charge is -2.56. The minimum absolute atomic E-state index is 0.0790. The lowest BCUT2D eigenvalue weighted by molar-refractivity contribution is -0.164. The zero-order valence-corrected chi connectivity index (χ0v) is 15.8. The van der Waals surface area contributed by atoms with Crippen molar-refractivity contribution >= 4 is 29.7 Å². The summed E-state index contributed by atoms with van der Waals surface area (Å²) >= 11 is 0. The molecule has 0 unspecified atom stereocenters. The Hall–Kier alpha value is -3.36. The second-order valence-corrected chi connectivity index (χ2v) is 7.25. The van der Waals surface area contributed by atoms with E-state index in [-0.39, 0.29) is 10.5 Å². The number of hydrogen-bond donors (Lipinski definition) is 0. The molecule has 0 N–H and O–H groups in total. The van der Waals surface area contributed by atoms with Gasteiger partial charge in [0, 0.05) is 25.3 Å². The molecule has 1 saturated heterocycles. The maximum absolute atomic E-state index is 16.8. The molecule has 5 amide bonds. The molecule has 150 valence electrons. The molecule has 1 aromatic rings. The number of amides is 5. The van der Waals surface area contributed by atoms with Gasteiger partial charge in [0.15, 0.2) is 0 Å². The SMILES string of the molecule is COC(=O)C1=C[C@H]2c3ccccc3[C@@H]1[C@]1(F)C(=O)N(C(C)=O)C(=O)N(C(C)=O)[C@H]21. The van der Waals surface area contributed by atoms with Crippen molar-refractivity contribution in [1.29, 1.82) is 0 Å². The molecule has 2 bridgehead atoms. The van der Waals surface area contributed by atoms with Crippen LogP contribution in [0.25, 0.3) is 0 Å². The minimum Gasteiger partial charge on any atom is -0.466 e. The van der Waals surface area contributed by atoms with Crippen molar-refractivity contribution in [2.24, 2.45) is 0 Å². The minimum atomic E-state index is -2.89. The molecule has 4 atom stereocenters. The summed E-state index contributed by atoms with van der Waals surface area (Å²) in [6.07, 6.45) is 1.45. The molecule has 9 heteroatoms. The lowest BCUT2D eigenvalue weighted by atomic mass is 9.56. The van der Waals surface area contributed by atoms with Crippen LogP contribution in [0.4, 0.5) is 9.18 Å². The van der Waals surface area contributed by atoms with E-state index in [0.717, 1.165) is 21.0 Å². The van der Waals surface area contributed by atoms with Gasteiger partial charge in [-0.15, -0.1) is 0 Å². The fourth-order valence-corrected chi connectivity index (χ4v) is 4.77. The number of urea groups is 1. The van der Waals surface area contributed by atoms with Gasteiger partial charge in [0.2, 0.25) is 17.5 Å². The number of carbonyl (C=O) groups excluding carboxylic acids is 5. The van der Waals surface area contributed by atoms with Gasteiger partial charge in [-0.2, -0.15) is 4.90 Å². The summed E-state index contributed by atoms with van der Waals surface area (Å²) in [5.74, 6) is -6.39. The summed E-state index contributed by atoms with van der Waals surface area (Å²) in [6, 6.07) is 3.92. The highest BCUT2D eigenvalue weighted by atomic mass is 19.1. The van der Waals surface area contributed by atoms with Gasteiger partial charge >= 0.3 is 12.0 Å². The zero-order chi connectivity index (χ0) is 21.2. The molecule has 3 aliphatic carbocycles. The summed E-state index contributed by atoms with van der Waals surface area (Å²) < 4.78 is 21.6. The maximum Gasteiger partial charge on any atom is 0.340 e. The number of imide groups is 4. The molecule has 0 aromatic heterocycles. The number of hydrogen-bond acceptors (Lipinski definition) is 6. The molecule has 0 spiro atoms. The Morgan fingerprint density at radius 1 is 1.07 bits per heavy atom. The first-order chi connectivity index (χ1) is 13.7. The van der Waals surface area contributed by atoms with Crippen LogP contribution in [0.3, 0.4) is 0 Å². The predicted molar refractivity (Wildman–Crippen MR) is 95.1 cm³/mol. The van der Waals surface area contributed by atoms with Gasteiger partial charge in [-0.25, -0.2) is 14.0 Å². The van der Waals surface area contributed by atoms with Crippen LogP contribution >= 0.6 is 0 Å². The number of benzene rings is 1. The number of esters is 1. The van der Waals surface area contributed by atoms with Crippen LogP contribution in [0.1, 0.15) is 36.8 Å². The fourth-order valence-electron chi connectivity index (χ4n) is 4.77. The molecular formula is C20H17FN2O6. The average Bonchev–Trinajstić information content (AvgIpc) is 2.68. The Morgan fingerprint density at radius 3 is 2.24 bits per heavy atom. The Balaban J connectivity index is 2.05. The van der Waals surface area contributed by atoms with E-state index in [4.69, 9.17) is 4.74 Å². The Bertz CT molecular complexity index is 1030. The highest BCUT2D eigenvalue weighted by molar-refractivity contribution is 6.19. The number of carbonyl (C=O) groups is 5. The number of nitrogens with zero attached hydrogens (tertiary/aromatic N) is 2. The summed E-state index contributed by atoms with van der Waals surface area (Å²) in [6.45, 7) is 2.00. The fraction of sp³-hybridized carbons (Fsp3) is 0.350. The predicted octanol–water partition coefficient (Wildman–Crippen LogP) is 1.41. The molecule has 29 heavy (non-hydrogen) atoms. The van der Waals surface area contributed by atoms with Crippen LogP contribution in [0.5, 0.6) is 0 Å². The number of ether oxygens (including phenoxy) is 1.